The van der Waals surface area contributed by atoms with Crippen molar-refractivity contribution >= 4 is 5.71 Å². The van der Waals surface area contributed by atoms with E-state index >= 15 is 0 Å². The van der Waals surface area contributed by atoms with Crippen LogP contribution in [0.2, 0.25) is 0 Å². The molecule has 2 aromatic rings. The van der Waals surface area contributed by atoms with Crippen molar-refractivity contribution in [2.24, 2.45) is 4.99 Å². The molecule has 114 valence electrons. The average molecular weight is 297 g/mol. The molecule has 0 atom stereocenters. The van der Waals surface area contributed by atoms with Crippen molar-refractivity contribution in [1.29, 1.82) is 0 Å². The molecule has 4 nitrogen and oxygen atoms in total. The second kappa shape index (κ2) is 5.72. The normalized spacial score (nSPS) is 13.5. The Morgan fingerprint density at radius 3 is 2.73 bits per heavy atom. The first kappa shape index (κ1) is 14.4. The minimum atomic E-state index is 0.130. The summed E-state index contributed by atoms with van der Waals surface area (Å²) in [5, 5.41) is 19.6. The summed E-state index contributed by atoms with van der Waals surface area (Å²) in [6.07, 6.45) is 1.55. The molecule has 2 N–H and O–H groups in total. The minimum Gasteiger partial charge on any atom is -0.508 e. The van der Waals surface area contributed by atoms with Gasteiger partial charge in [-0.05, 0) is 48.2 Å². The molecule has 1 heterocycles. The van der Waals surface area contributed by atoms with Crippen LogP contribution < -0.4 is 4.74 Å². The number of benzene rings is 2. The van der Waals surface area contributed by atoms with Crippen LogP contribution in [0.1, 0.15) is 22.3 Å². The lowest BCUT2D eigenvalue weighted by atomic mass is 9.92. The number of nitrogens with zero attached hydrogens (tertiary/aromatic N) is 1. The van der Waals surface area contributed by atoms with Crippen LogP contribution in [0, 0.1) is 6.92 Å². The molecule has 0 aromatic heterocycles. The molecule has 1 aliphatic rings. The topological polar surface area (TPSA) is 62.0 Å². The molecule has 0 fully saturated rings. The van der Waals surface area contributed by atoms with Gasteiger partial charge in [-0.1, -0.05) is 12.1 Å². The Hall–Kier alpha value is -2.49. The third-order valence-corrected chi connectivity index (χ3v) is 4.03. The van der Waals surface area contributed by atoms with Crippen LogP contribution in [0.15, 0.2) is 35.3 Å². The van der Waals surface area contributed by atoms with Crippen molar-refractivity contribution in [2.45, 2.75) is 19.8 Å². The Morgan fingerprint density at radius 2 is 1.95 bits per heavy atom. The Bertz CT molecular complexity index is 750. The third kappa shape index (κ3) is 2.64. The molecule has 3 rings (SSSR count). The molecule has 0 spiro atoms. The SMILES string of the molecule is COc1cc(CC2=NCCc3cc(C)c(O)cc32)ccc1O. The largest absolute Gasteiger partial charge is 0.508 e. The molecular weight excluding hydrogens is 278 g/mol. The quantitative estimate of drug-likeness (QED) is 0.915. The van der Waals surface area contributed by atoms with Crippen molar-refractivity contribution in [3.8, 4) is 17.2 Å². The van der Waals surface area contributed by atoms with Gasteiger partial charge < -0.3 is 14.9 Å². The van der Waals surface area contributed by atoms with Gasteiger partial charge in [-0.3, -0.25) is 4.99 Å². The zero-order valence-electron chi connectivity index (χ0n) is 12.8. The van der Waals surface area contributed by atoms with E-state index in [2.05, 4.69) is 4.99 Å². The standard InChI is InChI=1S/C18H19NO3/c1-11-7-13-5-6-19-15(14(13)10-17(11)21)8-12-3-4-16(20)18(9-12)22-2/h3-4,7,9-10,20-21H,5-6,8H2,1-2H3. The summed E-state index contributed by atoms with van der Waals surface area (Å²) < 4.78 is 5.15. The zero-order valence-corrected chi connectivity index (χ0v) is 12.8. The molecule has 0 saturated heterocycles. The highest BCUT2D eigenvalue weighted by Gasteiger charge is 2.17. The first-order valence-corrected chi connectivity index (χ1v) is 7.30. The van der Waals surface area contributed by atoms with Gasteiger partial charge in [-0.2, -0.15) is 0 Å². The highest BCUT2D eigenvalue weighted by molar-refractivity contribution is 6.04. The zero-order chi connectivity index (χ0) is 15.7. The lowest BCUT2D eigenvalue weighted by Crippen LogP contribution is -2.15. The molecule has 0 saturated carbocycles. The first-order valence-electron chi connectivity index (χ1n) is 7.30. The number of phenolic OH excluding ortho intramolecular Hbond substituents is 2. The van der Waals surface area contributed by atoms with E-state index in [9.17, 15) is 10.2 Å². The summed E-state index contributed by atoms with van der Waals surface area (Å²) in [6, 6.07) is 9.16. The monoisotopic (exact) mass is 297 g/mol. The smallest absolute Gasteiger partial charge is 0.160 e. The Morgan fingerprint density at radius 1 is 1.14 bits per heavy atom. The Kier molecular flexibility index (Phi) is 3.75. The highest BCUT2D eigenvalue weighted by atomic mass is 16.5. The number of rotatable bonds is 3. The summed E-state index contributed by atoms with van der Waals surface area (Å²) in [4.78, 5) is 4.62. The van der Waals surface area contributed by atoms with Gasteiger partial charge in [-0.15, -0.1) is 0 Å². The maximum absolute atomic E-state index is 9.97. The van der Waals surface area contributed by atoms with Crippen LogP contribution in [-0.4, -0.2) is 29.6 Å². The first-order chi connectivity index (χ1) is 10.6. The highest BCUT2D eigenvalue weighted by Crippen LogP contribution is 2.29. The maximum atomic E-state index is 9.97. The minimum absolute atomic E-state index is 0.130. The van der Waals surface area contributed by atoms with Gasteiger partial charge in [-0.25, -0.2) is 0 Å². The van der Waals surface area contributed by atoms with Crippen LogP contribution >= 0.6 is 0 Å². The van der Waals surface area contributed by atoms with E-state index in [1.54, 1.807) is 12.1 Å². The number of aromatic hydroxyl groups is 2. The number of phenols is 2. The van der Waals surface area contributed by atoms with Crippen molar-refractivity contribution < 1.29 is 14.9 Å². The molecule has 0 bridgehead atoms. The molecule has 22 heavy (non-hydrogen) atoms. The number of aryl methyl sites for hydroxylation is 1. The number of aliphatic imine (C=N–C) groups is 1. The summed E-state index contributed by atoms with van der Waals surface area (Å²) in [6.45, 7) is 2.67. The number of ether oxygens (including phenoxy) is 1. The Balaban J connectivity index is 1.94. The molecule has 1 aliphatic heterocycles. The molecule has 4 heteroatoms. The van der Waals surface area contributed by atoms with Gasteiger partial charge in [0.25, 0.3) is 0 Å². The number of hydrogen-bond acceptors (Lipinski definition) is 4. The van der Waals surface area contributed by atoms with Gasteiger partial charge in [0.15, 0.2) is 11.5 Å². The molecule has 0 amide bonds. The molecule has 2 aromatic carbocycles. The van der Waals surface area contributed by atoms with Crippen molar-refractivity contribution in [3.05, 3.63) is 52.6 Å². The molecule has 0 aliphatic carbocycles. The van der Waals surface area contributed by atoms with E-state index < -0.39 is 0 Å². The van der Waals surface area contributed by atoms with E-state index in [4.69, 9.17) is 4.74 Å². The lowest BCUT2D eigenvalue weighted by Gasteiger charge is -2.19. The van der Waals surface area contributed by atoms with Gasteiger partial charge in [0.05, 0.1) is 7.11 Å². The summed E-state index contributed by atoms with van der Waals surface area (Å²) in [5.74, 6) is 0.892. The number of methoxy groups -OCH3 is 1. The van der Waals surface area contributed by atoms with Crippen molar-refractivity contribution in [3.63, 3.8) is 0 Å². The van der Waals surface area contributed by atoms with Crippen molar-refractivity contribution in [1.82, 2.24) is 0 Å². The predicted octanol–water partition coefficient (Wildman–Crippen LogP) is 3.00. The van der Waals surface area contributed by atoms with Gasteiger partial charge in [0, 0.05) is 24.2 Å². The summed E-state index contributed by atoms with van der Waals surface area (Å²) >= 11 is 0. The second-order valence-corrected chi connectivity index (χ2v) is 5.56. The van der Waals surface area contributed by atoms with E-state index in [1.165, 1.54) is 12.7 Å². The third-order valence-electron chi connectivity index (χ3n) is 4.03. The maximum Gasteiger partial charge on any atom is 0.160 e. The molecule has 0 radical (unpaired) electrons. The van der Waals surface area contributed by atoms with Crippen LogP contribution in [0.4, 0.5) is 0 Å². The van der Waals surface area contributed by atoms with E-state index in [-0.39, 0.29) is 5.75 Å². The van der Waals surface area contributed by atoms with Gasteiger partial charge in [0.2, 0.25) is 0 Å². The van der Waals surface area contributed by atoms with Crippen LogP contribution in [0.5, 0.6) is 17.2 Å². The van der Waals surface area contributed by atoms with Crippen LogP contribution in [0.3, 0.4) is 0 Å². The van der Waals surface area contributed by atoms with Crippen LogP contribution in [-0.2, 0) is 12.8 Å². The number of hydrogen-bond donors (Lipinski definition) is 2. The van der Waals surface area contributed by atoms with Crippen molar-refractivity contribution in [2.75, 3.05) is 13.7 Å². The fraction of sp³-hybridized carbons (Fsp3) is 0.278. The van der Waals surface area contributed by atoms with Gasteiger partial charge in [0.1, 0.15) is 5.75 Å². The molecular formula is C18H19NO3. The second-order valence-electron chi connectivity index (χ2n) is 5.56. The van der Waals surface area contributed by atoms with E-state index in [0.29, 0.717) is 17.9 Å². The number of fused-ring (bicyclic) bond motifs is 1. The summed E-state index contributed by atoms with van der Waals surface area (Å²) in [5.41, 5.74) is 5.12. The van der Waals surface area contributed by atoms with E-state index in [1.807, 2.05) is 25.1 Å². The van der Waals surface area contributed by atoms with E-state index in [0.717, 1.165) is 35.4 Å². The lowest BCUT2D eigenvalue weighted by molar-refractivity contribution is 0.373. The average Bonchev–Trinajstić information content (AvgIpc) is 2.51. The van der Waals surface area contributed by atoms with Crippen LogP contribution in [0.25, 0.3) is 0 Å². The predicted molar refractivity (Wildman–Crippen MR) is 86.3 cm³/mol. The fourth-order valence-electron chi connectivity index (χ4n) is 2.80. The molecule has 0 unspecified atom stereocenters. The fourth-order valence-corrected chi connectivity index (χ4v) is 2.80. The van der Waals surface area contributed by atoms with Gasteiger partial charge >= 0.3 is 0 Å². The Labute approximate surface area is 129 Å². The summed E-state index contributed by atoms with van der Waals surface area (Å²) in [7, 11) is 1.53.